The minimum atomic E-state index is -0.109. The third-order valence-electron chi connectivity index (χ3n) is 2.96. The van der Waals surface area contributed by atoms with Gasteiger partial charge in [0.2, 0.25) is 0 Å². The highest BCUT2D eigenvalue weighted by atomic mass is 16.5. The van der Waals surface area contributed by atoms with Crippen LogP contribution in [0, 0.1) is 0 Å². The first-order chi connectivity index (χ1) is 9.19. The van der Waals surface area contributed by atoms with Crippen molar-refractivity contribution >= 4 is 0 Å². The summed E-state index contributed by atoms with van der Waals surface area (Å²) in [5.41, 5.74) is 8.26. The highest BCUT2D eigenvalue weighted by molar-refractivity contribution is 5.33. The molecule has 0 fully saturated rings. The fourth-order valence-electron chi connectivity index (χ4n) is 2.06. The largest absolute Gasteiger partial charge is 0.508 e. The van der Waals surface area contributed by atoms with E-state index < -0.39 is 0 Å². The fourth-order valence-corrected chi connectivity index (χ4v) is 2.06. The smallest absolute Gasteiger partial charge is 0.119 e. The first-order valence-electron chi connectivity index (χ1n) is 6.45. The van der Waals surface area contributed by atoms with E-state index in [4.69, 9.17) is 10.5 Å². The summed E-state index contributed by atoms with van der Waals surface area (Å²) in [6.45, 7) is 2.60. The zero-order valence-corrected chi connectivity index (χ0v) is 11.0. The molecule has 3 nitrogen and oxygen atoms in total. The molecule has 0 spiro atoms. The monoisotopic (exact) mass is 257 g/mol. The van der Waals surface area contributed by atoms with Crippen LogP contribution in [0.4, 0.5) is 0 Å². The predicted octanol–water partition coefficient (Wildman–Crippen LogP) is 3.03. The Bertz CT molecular complexity index is 540. The van der Waals surface area contributed by atoms with Gasteiger partial charge in [-0.15, -0.1) is 0 Å². The maximum Gasteiger partial charge on any atom is 0.119 e. The predicted molar refractivity (Wildman–Crippen MR) is 76.4 cm³/mol. The Morgan fingerprint density at radius 3 is 2.68 bits per heavy atom. The standard InChI is InChI=1S/C16H19NO2/c1-2-19-15-8-4-6-13(11-15)16(17)10-12-5-3-7-14(18)9-12/h3-9,11,16,18H,2,10,17H2,1H3. The summed E-state index contributed by atoms with van der Waals surface area (Å²) in [5.74, 6) is 1.11. The van der Waals surface area contributed by atoms with Gasteiger partial charge in [0.25, 0.3) is 0 Å². The number of ether oxygens (including phenoxy) is 1. The molecule has 3 heteroatoms. The molecule has 2 aromatic carbocycles. The highest BCUT2D eigenvalue weighted by Gasteiger charge is 2.08. The Kier molecular flexibility index (Phi) is 4.42. The zero-order chi connectivity index (χ0) is 13.7. The van der Waals surface area contributed by atoms with Crippen molar-refractivity contribution in [1.82, 2.24) is 0 Å². The summed E-state index contributed by atoms with van der Waals surface area (Å²) >= 11 is 0. The van der Waals surface area contributed by atoms with Gasteiger partial charge < -0.3 is 15.6 Å². The average molecular weight is 257 g/mol. The summed E-state index contributed by atoms with van der Waals surface area (Å²) in [6.07, 6.45) is 0.685. The number of aromatic hydroxyl groups is 1. The van der Waals surface area contributed by atoms with Crippen molar-refractivity contribution in [3.63, 3.8) is 0 Å². The molecule has 2 aromatic rings. The fraction of sp³-hybridized carbons (Fsp3) is 0.250. The second-order valence-electron chi connectivity index (χ2n) is 4.49. The number of phenols is 1. The van der Waals surface area contributed by atoms with Crippen LogP contribution < -0.4 is 10.5 Å². The maximum absolute atomic E-state index is 9.45. The Morgan fingerprint density at radius 2 is 1.95 bits per heavy atom. The van der Waals surface area contributed by atoms with Crippen molar-refractivity contribution in [3.8, 4) is 11.5 Å². The Balaban J connectivity index is 2.11. The molecule has 0 heterocycles. The van der Waals surface area contributed by atoms with Gasteiger partial charge in [0.05, 0.1) is 6.61 Å². The molecule has 1 atom stereocenters. The molecule has 0 saturated heterocycles. The minimum Gasteiger partial charge on any atom is -0.508 e. The Hall–Kier alpha value is -2.00. The van der Waals surface area contributed by atoms with Crippen LogP contribution >= 0.6 is 0 Å². The van der Waals surface area contributed by atoms with Crippen molar-refractivity contribution < 1.29 is 9.84 Å². The van der Waals surface area contributed by atoms with E-state index in [9.17, 15) is 5.11 Å². The van der Waals surface area contributed by atoms with Crippen LogP contribution in [-0.2, 0) is 6.42 Å². The molecule has 0 aromatic heterocycles. The summed E-state index contributed by atoms with van der Waals surface area (Å²) in [6, 6.07) is 14.9. The third-order valence-corrected chi connectivity index (χ3v) is 2.96. The van der Waals surface area contributed by atoms with E-state index in [2.05, 4.69) is 0 Å². The third kappa shape index (κ3) is 3.73. The van der Waals surface area contributed by atoms with Gasteiger partial charge in [0, 0.05) is 6.04 Å². The number of rotatable bonds is 5. The van der Waals surface area contributed by atoms with Gasteiger partial charge >= 0.3 is 0 Å². The van der Waals surface area contributed by atoms with E-state index in [1.807, 2.05) is 43.3 Å². The van der Waals surface area contributed by atoms with Gasteiger partial charge in [0.15, 0.2) is 0 Å². The SMILES string of the molecule is CCOc1cccc(C(N)Cc2cccc(O)c2)c1. The van der Waals surface area contributed by atoms with Gasteiger partial charge in [0.1, 0.15) is 11.5 Å². The second kappa shape index (κ2) is 6.25. The molecule has 0 bridgehead atoms. The molecule has 0 aliphatic heterocycles. The van der Waals surface area contributed by atoms with Crippen LogP contribution in [0.2, 0.25) is 0 Å². The molecular weight excluding hydrogens is 238 g/mol. The van der Waals surface area contributed by atoms with Crippen LogP contribution in [-0.4, -0.2) is 11.7 Å². The molecule has 0 saturated carbocycles. The van der Waals surface area contributed by atoms with Crippen LogP contribution in [0.3, 0.4) is 0 Å². The number of benzene rings is 2. The summed E-state index contributed by atoms with van der Waals surface area (Å²) in [7, 11) is 0. The summed E-state index contributed by atoms with van der Waals surface area (Å²) in [4.78, 5) is 0. The van der Waals surface area contributed by atoms with Gasteiger partial charge in [-0.1, -0.05) is 24.3 Å². The summed E-state index contributed by atoms with van der Waals surface area (Å²) in [5, 5.41) is 9.45. The molecule has 2 rings (SSSR count). The van der Waals surface area contributed by atoms with Gasteiger partial charge in [-0.2, -0.15) is 0 Å². The molecule has 3 N–H and O–H groups in total. The van der Waals surface area contributed by atoms with Crippen LogP contribution in [0.1, 0.15) is 24.1 Å². The second-order valence-corrected chi connectivity index (χ2v) is 4.49. The first-order valence-corrected chi connectivity index (χ1v) is 6.45. The molecule has 100 valence electrons. The Morgan fingerprint density at radius 1 is 1.16 bits per heavy atom. The van der Waals surface area contributed by atoms with Gasteiger partial charge in [-0.3, -0.25) is 0 Å². The van der Waals surface area contributed by atoms with E-state index in [1.54, 1.807) is 12.1 Å². The lowest BCUT2D eigenvalue weighted by atomic mass is 9.99. The maximum atomic E-state index is 9.45. The van der Waals surface area contributed by atoms with E-state index in [1.165, 1.54) is 0 Å². The average Bonchev–Trinajstić information content (AvgIpc) is 2.39. The lowest BCUT2D eigenvalue weighted by Crippen LogP contribution is -2.13. The molecule has 1 unspecified atom stereocenters. The van der Waals surface area contributed by atoms with E-state index in [0.717, 1.165) is 16.9 Å². The number of hydrogen-bond acceptors (Lipinski definition) is 3. The molecule has 0 aliphatic carbocycles. The molecule has 0 aliphatic rings. The highest BCUT2D eigenvalue weighted by Crippen LogP contribution is 2.22. The Labute approximate surface area is 113 Å². The zero-order valence-electron chi connectivity index (χ0n) is 11.0. The summed E-state index contributed by atoms with van der Waals surface area (Å²) < 4.78 is 5.47. The molecular formula is C16H19NO2. The molecule has 0 radical (unpaired) electrons. The van der Waals surface area contributed by atoms with E-state index in [0.29, 0.717) is 13.0 Å². The normalized spacial score (nSPS) is 12.1. The quantitative estimate of drug-likeness (QED) is 0.865. The van der Waals surface area contributed by atoms with Crippen molar-refractivity contribution in [2.24, 2.45) is 5.73 Å². The molecule has 19 heavy (non-hydrogen) atoms. The van der Waals surface area contributed by atoms with Crippen LogP contribution in [0.15, 0.2) is 48.5 Å². The topological polar surface area (TPSA) is 55.5 Å². The lowest BCUT2D eigenvalue weighted by Gasteiger charge is -2.14. The van der Waals surface area contributed by atoms with E-state index in [-0.39, 0.29) is 11.8 Å². The van der Waals surface area contributed by atoms with Crippen molar-refractivity contribution in [2.45, 2.75) is 19.4 Å². The van der Waals surface area contributed by atoms with E-state index >= 15 is 0 Å². The van der Waals surface area contributed by atoms with Gasteiger partial charge in [-0.25, -0.2) is 0 Å². The van der Waals surface area contributed by atoms with Crippen molar-refractivity contribution in [2.75, 3.05) is 6.61 Å². The molecule has 0 amide bonds. The van der Waals surface area contributed by atoms with Crippen LogP contribution in [0.5, 0.6) is 11.5 Å². The number of nitrogens with two attached hydrogens (primary N) is 1. The van der Waals surface area contributed by atoms with Crippen molar-refractivity contribution in [3.05, 3.63) is 59.7 Å². The first kappa shape index (κ1) is 13.4. The van der Waals surface area contributed by atoms with Crippen LogP contribution in [0.25, 0.3) is 0 Å². The van der Waals surface area contributed by atoms with Crippen molar-refractivity contribution in [1.29, 1.82) is 0 Å². The lowest BCUT2D eigenvalue weighted by molar-refractivity contribution is 0.339. The minimum absolute atomic E-state index is 0.109. The van der Waals surface area contributed by atoms with Gasteiger partial charge in [-0.05, 0) is 48.7 Å². The number of hydrogen-bond donors (Lipinski definition) is 2. The number of phenolic OH excluding ortho intramolecular Hbond substituents is 1.